The highest BCUT2D eigenvalue weighted by Crippen LogP contribution is 2.16. The summed E-state index contributed by atoms with van der Waals surface area (Å²) in [4.78, 5) is 4.54. The third-order valence-corrected chi connectivity index (χ3v) is 4.18. The number of halogens is 4. The SMILES string of the molecule is CCNC(=NCc1ccc(COCC(F)(F)F)cc1)NCCCOC1CCOC1.I. The van der Waals surface area contributed by atoms with Crippen LogP contribution in [0.5, 0.6) is 0 Å². The summed E-state index contributed by atoms with van der Waals surface area (Å²) in [7, 11) is 0. The molecule has 1 aliphatic rings. The number of nitrogens with zero attached hydrogens (tertiary/aromatic N) is 1. The minimum atomic E-state index is -4.30. The van der Waals surface area contributed by atoms with E-state index in [2.05, 4.69) is 20.4 Å². The quantitative estimate of drug-likeness (QED) is 0.193. The Labute approximate surface area is 193 Å². The van der Waals surface area contributed by atoms with Gasteiger partial charge in [0.15, 0.2) is 5.96 Å². The van der Waals surface area contributed by atoms with E-state index in [4.69, 9.17) is 9.47 Å². The molecular formula is C20H31F3IN3O3. The fourth-order valence-corrected chi connectivity index (χ4v) is 2.71. The Morgan fingerprint density at radius 1 is 1.20 bits per heavy atom. The number of hydrogen-bond acceptors (Lipinski definition) is 4. The molecule has 10 heteroatoms. The molecule has 1 fully saturated rings. The molecule has 1 atom stereocenters. The Kier molecular flexibility index (Phi) is 13.3. The van der Waals surface area contributed by atoms with Crippen molar-refractivity contribution in [1.82, 2.24) is 10.6 Å². The van der Waals surface area contributed by atoms with Gasteiger partial charge in [0.25, 0.3) is 0 Å². The van der Waals surface area contributed by atoms with E-state index in [1.165, 1.54) is 0 Å². The number of ether oxygens (including phenoxy) is 3. The lowest BCUT2D eigenvalue weighted by atomic mass is 10.1. The monoisotopic (exact) mass is 545 g/mol. The maximum absolute atomic E-state index is 12.1. The van der Waals surface area contributed by atoms with E-state index in [0.717, 1.165) is 38.1 Å². The number of rotatable bonds is 11. The second-order valence-electron chi connectivity index (χ2n) is 6.76. The van der Waals surface area contributed by atoms with Crippen LogP contribution in [0.15, 0.2) is 29.3 Å². The lowest BCUT2D eigenvalue weighted by Gasteiger charge is -2.13. The number of aliphatic imine (C=N–C) groups is 1. The molecule has 2 N–H and O–H groups in total. The topological polar surface area (TPSA) is 64.1 Å². The summed E-state index contributed by atoms with van der Waals surface area (Å²) >= 11 is 0. The highest BCUT2D eigenvalue weighted by molar-refractivity contribution is 14.0. The van der Waals surface area contributed by atoms with Gasteiger partial charge in [-0.3, -0.25) is 0 Å². The van der Waals surface area contributed by atoms with Gasteiger partial charge in [0.05, 0.1) is 25.9 Å². The molecule has 1 unspecified atom stereocenters. The standard InChI is InChI=1S/C20H30F3N3O3.HI/c1-2-24-19(25-9-3-10-29-18-8-11-27-14-18)26-12-16-4-6-17(7-5-16)13-28-15-20(21,22)23;/h4-7,18H,2-3,8-15H2,1H3,(H2,24,25,26);1H. The van der Waals surface area contributed by atoms with Gasteiger partial charge < -0.3 is 24.8 Å². The van der Waals surface area contributed by atoms with Crippen molar-refractivity contribution in [3.63, 3.8) is 0 Å². The van der Waals surface area contributed by atoms with Gasteiger partial charge in [-0.05, 0) is 30.9 Å². The van der Waals surface area contributed by atoms with Gasteiger partial charge in [-0.15, -0.1) is 24.0 Å². The molecule has 0 aliphatic carbocycles. The van der Waals surface area contributed by atoms with Crippen LogP contribution in [-0.4, -0.2) is 57.8 Å². The molecule has 1 heterocycles. The predicted octanol–water partition coefficient (Wildman–Crippen LogP) is 3.63. The van der Waals surface area contributed by atoms with Crippen LogP contribution in [0.4, 0.5) is 13.2 Å². The van der Waals surface area contributed by atoms with Crippen molar-refractivity contribution in [3.8, 4) is 0 Å². The summed E-state index contributed by atoms with van der Waals surface area (Å²) < 4.78 is 52.0. The fourth-order valence-electron chi connectivity index (χ4n) is 2.71. The molecule has 1 aromatic carbocycles. The van der Waals surface area contributed by atoms with Gasteiger partial charge in [0.2, 0.25) is 0 Å². The van der Waals surface area contributed by atoms with Crippen molar-refractivity contribution >= 4 is 29.9 Å². The lowest BCUT2D eigenvalue weighted by molar-refractivity contribution is -0.176. The van der Waals surface area contributed by atoms with E-state index < -0.39 is 12.8 Å². The molecule has 0 spiro atoms. The van der Waals surface area contributed by atoms with Crippen LogP contribution in [0.25, 0.3) is 0 Å². The van der Waals surface area contributed by atoms with Gasteiger partial charge in [0.1, 0.15) is 6.61 Å². The van der Waals surface area contributed by atoms with Gasteiger partial charge >= 0.3 is 6.18 Å². The highest BCUT2D eigenvalue weighted by Gasteiger charge is 2.27. The summed E-state index contributed by atoms with van der Waals surface area (Å²) in [6.45, 7) is 4.79. The Balaban J connectivity index is 0.00000450. The summed E-state index contributed by atoms with van der Waals surface area (Å²) in [5.41, 5.74) is 1.66. The molecule has 6 nitrogen and oxygen atoms in total. The van der Waals surface area contributed by atoms with E-state index in [9.17, 15) is 13.2 Å². The molecule has 0 aromatic heterocycles. The molecule has 172 valence electrons. The molecule has 30 heavy (non-hydrogen) atoms. The van der Waals surface area contributed by atoms with E-state index in [1.54, 1.807) is 12.1 Å². The zero-order chi connectivity index (χ0) is 21.0. The normalized spacial score (nSPS) is 16.9. The number of nitrogens with one attached hydrogen (secondary N) is 2. The largest absolute Gasteiger partial charge is 0.411 e. The van der Waals surface area contributed by atoms with E-state index in [0.29, 0.717) is 31.3 Å². The molecule has 0 bridgehead atoms. The Morgan fingerprint density at radius 2 is 1.93 bits per heavy atom. The van der Waals surface area contributed by atoms with E-state index >= 15 is 0 Å². The van der Waals surface area contributed by atoms with Crippen molar-refractivity contribution < 1.29 is 27.4 Å². The average Bonchev–Trinajstić information content (AvgIpc) is 3.19. The number of guanidine groups is 1. The molecule has 2 rings (SSSR count). The van der Waals surface area contributed by atoms with Crippen molar-refractivity contribution in [2.45, 2.75) is 45.2 Å². The van der Waals surface area contributed by atoms with Crippen LogP contribution < -0.4 is 10.6 Å². The van der Waals surface area contributed by atoms with Crippen molar-refractivity contribution in [3.05, 3.63) is 35.4 Å². The Hall–Kier alpha value is -1.11. The van der Waals surface area contributed by atoms with Crippen molar-refractivity contribution in [2.75, 3.05) is 39.5 Å². The first-order valence-corrected chi connectivity index (χ1v) is 9.90. The summed E-state index contributed by atoms with van der Waals surface area (Å²) in [5.74, 6) is 0.717. The first kappa shape index (κ1) is 26.9. The maximum atomic E-state index is 12.1. The zero-order valence-corrected chi connectivity index (χ0v) is 19.5. The van der Waals surface area contributed by atoms with Crippen LogP contribution in [0.1, 0.15) is 30.9 Å². The van der Waals surface area contributed by atoms with Crippen molar-refractivity contribution in [2.24, 2.45) is 4.99 Å². The zero-order valence-electron chi connectivity index (χ0n) is 17.2. The van der Waals surface area contributed by atoms with E-state index in [1.807, 2.05) is 19.1 Å². The van der Waals surface area contributed by atoms with Crippen LogP contribution in [0.2, 0.25) is 0 Å². The third-order valence-electron chi connectivity index (χ3n) is 4.18. The molecule has 1 saturated heterocycles. The van der Waals surface area contributed by atoms with Gasteiger partial charge in [0, 0.05) is 26.3 Å². The average molecular weight is 545 g/mol. The minimum Gasteiger partial charge on any atom is -0.379 e. The number of alkyl halides is 3. The fraction of sp³-hybridized carbons (Fsp3) is 0.650. The van der Waals surface area contributed by atoms with Gasteiger partial charge in [-0.1, -0.05) is 24.3 Å². The molecule has 1 aliphatic heterocycles. The Morgan fingerprint density at radius 3 is 2.57 bits per heavy atom. The van der Waals surface area contributed by atoms with Crippen LogP contribution in [0, 0.1) is 0 Å². The maximum Gasteiger partial charge on any atom is 0.411 e. The second kappa shape index (κ2) is 14.8. The Bertz CT molecular complexity index is 610. The molecule has 0 saturated carbocycles. The lowest BCUT2D eigenvalue weighted by Crippen LogP contribution is -2.38. The number of hydrogen-bond donors (Lipinski definition) is 2. The molecule has 1 aromatic rings. The van der Waals surface area contributed by atoms with Crippen molar-refractivity contribution in [1.29, 1.82) is 0 Å². The first-order valence-electron chi connectivity index (χ1n) is 9.90. The smallest absolute Gasteiger partial charge is 0.379 e. The number of benzene rings is 1. The summed E-state index contributed by atoms with van der Waals surface area (Å²) in [6, 6.07) is 7.20. The van der Waals surface area contributed by atoms with Gasteiger partial charge in [-0.25, -0.2) is 4.99 Å². The van der Waals surface area contributed by atoms with Gasteiger partial charge in [-0.2, -0.15) is 13.2 Å². The van der Waals surface area contributed by atoms with E-state index in [-0.39, 0.29) is 36.7 Å². The first-order chi connectivity index (χ1) is 14.0. The minimum absolute atomic E-state index is 0. The van der Waals surface area contributed by atoms with Crippen LogP contribution in [-0.2, 0) is 27.4 Å². The van der Waals surface area contributed by atoms with Crippen LogP contribution in [0.3, 0.4) is 0 Å². The summed E-state index contributed by atoms with van der Waals surface area (Å²) in [5, 5.41) is 6.46. The molecular weight excluding hydrogens is 514 g/mol. The molecule has 0 amide bonds. The van der Waals surface area contributed by atoms with Crippen LogP contribution >= 0.6 is 24.0 Å². The second-order valence-corrected chi connectivity index (χ2v) is 6.76. The summed E-state index contributed by atoms with van der Waals surface area (Å²) in [6.07, 6.45) is -2.25. The highest BCUT2D eigenvalue weighted by atomic mass is 127. The third kappa shape index (κ3) is 11.9. The molecule has 0 radical (unpaired) electrons. The predicted molar refractivity (Wildman–Crippen MR) is 120 cm³/mol.